The molecule has 132 valence electrons. The van der Waals surface area contributed by atoms with E-state index in [9.17, 15) is 9.90 Å². The first-order chi connectivity index (χ1) is 13.1. The SMILES string of the molecule is Cc1ccccc1-c1nc2ccccc2c(=O)n1/N=C\c1ccc(O)cc1. The van der Waals surface area contributed by atoms with Crippen LogP contribution >= 0.6 is 0 Å². The molecule has 0 aliphatic carbocycles. The third kappa shape index (κ3) is 3.22. The van der Waals surface area contributed by atoms with Crippen LogP contribution in [0.15, 0.2) is 82.7 Å². The molecule has 0 fully saturated rings. The Bertz CT molecular complexity index is 1210. The summed E-state index contributed by atoms with van der Waals surface area (Å²) in [4.78, 5) is 17.8. The first kappa shape index (κ1) is 16.7. The summed E-state index contributed by atoms with van der Waals surface area (Å²) in [5, 5.41) is 14.3. The summed E-state index contributed by atoms with van der Waals surface area (Å²) >= 11 is 0. The molecule has 0 aliphatic heterocycles. The number of aromatic hydroxyl groups is 1. The van der Waals surface area contributed by atoms with Crippen molar-refractivity contribution in [3.05, 3.63) is 94.3 Å². The number of phenols is 1. The molecule has 0 saturated carbocycles. The Hall–Kier alpha value is -3.73. The van der Waals surface area contributed by atoms with Crippen LogP contribution in [0.2, 0.25) is 0 Å². The van der Waals surface area contributed by atoms with Gasteiger partial charge in [-0.15, -0.1) is 0 Å². The number of aromatic nitrogens is 2. The quantitative estimate of drug-likeness (QED) is 0.566. The van der Waals surface area contributed by atoms with Crippen LogP contribution in [0.1, 0.15) is 11.1 Å². The maximum Gasteiger partial charge on any atom is 0.282 e. The maximum absolute atomic E-state index is 13.1. The van der Waals surface area contributed by atoms with Gasteiger partial charge in [-0.05, 0) is 54.4 Å². The minimum absolute atomic E-state index is 0.178. The fourth-order valence-electron chi connectivity index (χ4n) is 2.91. The summed E-state index contributed by atoms with van der Waals surface area (Å²) < 4.78 is 1.33. The molecule has 0 spiro atoms. The van der Waals surface area contributed by atoms with Crippen molar-refractivity contribution in [2.24, 2.45) is 5.10 Å². The van der Waals surface area contributed by atoms with Gasteiger partial charge in [-0.3, -0.25) is 4.79 Å². The number of fused-ring (bicyclic) bond motifs is 1. The molecule has 0 saturated heterocycles. The topological polar surface area (TPSA) is 67.5 Å². The Labute approximate surface area is 155 Å². The zero-order valence-corrected chi connectivity index (χ0v) is 14.7. The van der Waals surface area contributed by atoms with Crippen LogP contribution in [0.3, 0.4) is 0 Å². The average Bonchev–Trinajstić information content (AvgIpc) is 2.69. The van der Waals surface area contributed by atoms with Gasteiger partial charge in [0.05, 0.1) is 17.1 Å². The van der Waals surface area contributed by atoms with Crippen LogP contribution in [-0.4, -0.2) is 21.0 Å². The normalized spacial score (nSPS) is 11.3. The molecule has 0 aliphatic rings. The summed E-state index contributed by atoms with van der Waals surface area (Å²) in [7, 11) is 0. The van der Waals surface area contributed by atoms with E-state index in [1.54, 1.807) is 36.5 Å². The molecule has 4 rings (SSSR count). The number of rotatable bonds is 3. The summed E-state index contributed by atoms with van der Waals surface area (Å²) in [6.07, 6.45) is 1.58. The van der Waals surface area contributed by atoms with E-state index in [1.165, 1.54) is 4.68 Å². The Morgan fingerprint density at radius 3 is 2.44 bits per heavy atom. The van der Waals surface area contributed by atoms with E-state index in [2.05, 4.69) is 5.10 Å². The molecule has 0 bridgehead atoms. The lowest BCUT2D eigenvalue weighted by molar-refractivity contribution is 0.475. The van der Waals surface area contributed by atoms with Crippen LogP contribution in [0.25, 0.3) is 22.3 Å². The molecule has 3 aromatic carbocycles. The van der Waals surface area contributed by atoms with Crippen LogP contribution in [0, 0.1) is 6.92 Å². The zero-order chi connectivity index (χ0) is 18.8. The summed E-state index contributed by atoms with van der Waals surface area (Å²) in [6.45, 7) is 1.98. The van der Waals surface area contributed by atoms with E-state index in [0.29, 0.717) is 16.7 Å². The Kier molecular flexibility index (Phi) is 4.26. The second-order valence-electron chi connectivity index (χ2n) is 6.22. The third-order valence-corrected chi connectivity index (χ3v) is 4.36. The largest absolute Gasteiger partial charge is 0.508 e. The number of aryl methyl sites for hydroxylation is 1. The maximum atomic E-state index is 13.1. The molecule has 1 N–H and O–H groups in total. The Morgan fingerprint density at radius 1 is 0.963 bits per heavy atom. The second-order valence-corrected chi connectivity index (χ2v) is 6.22. The van der Waals surface area contributed by atoms with Gasteiger partial charge in [0, 0.05) is 5.56 Å². The second kappa shape index (κ2) is 6.88. The van der Waals surface area contributed by atoms with E-state index in [0.717, 1.165) is 16.7 Å². The predicted molar refractivity (Wildman–Crippen MR) is 107 cm³/mol. The van der Waals surface area contributed by atoms with Gasteiger partial charge in [-0.2, -0.15) is 9.78 Å². The standard InChI is InChI=1S/C22H17N3O2/c1-15-6-2-3-7-18(15)21-24-20-9-5-4-8-19(20)22(27)25(21)23-14-16-10-12-17(26)13-11-16/h2-14,26H,1H3/b23-14-. The molecule has 1 aromatic heterocycles. The van der Waals surface area contributed by atoms with Gasteiger partial charge in [-0.1, -0.05) is 36.4 Å². The van der Waals surface area contributed by atoms with Gasteiger partial charge >= 0.3 is 0 Å². The summed E-state index contributed by atoms with van der Waals surface area (Å²) in [5.41, 5.74) is 3.03. The van der Waals surface area contributed by atoms with Crippen LogP contribution in [0.5, 0.6) is 5.75 Å². The van der Waals surface area contributed by atoms with Crippen molar-refractivity contribution < 1.29 is 5.11 Å². The number of hydrogen-bond donors (Lipinski definition) is 1. The van der Waals surface area contributed by atoms with E-state index in [-0.39, 0.29) is 11.3 Å². The molecule has 5 heteroatoms. The zero-order valence-electron chi connectivity index (χ0n) is 14.7. The fourth-order valence-corrected chi connectivity index (χ4v) is 2.91. The molecule has 4 aromatic rings. The van der Waals surface area contributed by atoms with Crippen molar-refractivity contribution in [1.29, 1.82) is 0 Å². The van der Waals surface area contributed by atoms with Crippen molar-refractivity contribution in [3.63, 3.8) is 0 Å². The average molecular weight is 355 g/mol. The summed E-state index contributed by atoms with van der Waals surface area (Å²) in [5.74, 6) is 0.670. The minimum atomic E-state index is -0.228. The van der Waals surface area contributed by atoms with Crippen molar-refractivity contribution in [3.8, 4) is 17.1 Å². The first-order valence-electron chi connectivity index (χ1n) is 8.55. The lowest BCUT2D eigenvalue weighted by Gasteiger charge is -2.11. The molecular weight excluding hydrogens is 338 g/mol. The van der Waals surface area contributed by atoms with Gasteiger partial charge < -0.3 is 5.11 Å². The highest BCUT2D eigenvalue weighted by atomic mass is 16.3. The first-order valence-corrected chi connectivity index (χ1v) is 8.55. The summed E-state index contributed by atoms with van der Waals surface area (Å²) in [6, 6.07) is 21.6. The van der Waals surface area contributed by atoms with Crippen molar-refractivity contribution >= 4 is 17.1 Å². The number of hydrogen-bond acceptors (Lipinski definition) is 4. The number of benzene rings is 3. The van der Waals surface area contributed by atoms with Gasteiger partial charge in [0.15, 0.2) is 5.82 Å². The lowest BCUT2D eigenvalue weighted by atomic mass is 10.1. The van der Waals surface area contributed by atoms with Crippen LogP contribution in [0.4, 0.5) is 0 Å². The molecule has 0 radical (unpaired) electrons. The minimum Gasteiger partial charge on any atom is -0.508 e. The molecule has 0 amide bonds. The number of nitrogens with zero attached hydrogens (tertiary/aromatic N) is 3. The van der Waals surface area contributed by atoms with E-state index >= 15 is 0 Å². The van der Waals surface area contributed by atoms with E-state index < -0.39 is 0 Å². The van der Waals surface area contributed by atoms with Gasteiger partial charge in [0.25, 0.3) is 5.56 Å². The fraction of sp³-hybridized carbons (Fsp3) is 0.0455. The highest BCUT2D eigenvalue weighted by molar-refractivity contribution is 5.82. The van der Waals surface area contributed by atoms with Crippen LogP contribution < -0.4 is 5.56 Å². The van der Waals surface area contributed by atoms with E-state index in [4.69, 9.17) is 4.98 Å². The Balaban J connectivity index is 1.95. The smallest absolute Gasteiger partial charge is 0.282 e. The third-order valence-electron chi connectivity index (χ3n) is 4.36. The molecule has 5 nitrogen and oxygen atoms in total. The highest BCUT2D eigenvalue weighted by Crippen LogP contribution is 2.22. The monoisotopic (exact) mass is 355 g/mol. The molecule has 0 atom stereocenters. The Morgan fingerprint density at radius 2 is 1.67 bits per heavy atom. The van der Waals surface area contributed by atoms with Crippen molar-refractivity contribution in [1.82, 2.24) is 9.66 Å². The lowest BCUT2D eigenvalue weighted by Crippen LogP contribution is -2.20. The van der Waals surface area contributed by atoms with Gasteiger partial charge in [-0.25, -0.2) is 4.98 Å². The van der Waals surface area contributed by atoms with Crippen LogP contribution in [-0.2, 0) is 0 Å². The molecule has 0 unspecified atom stereocenters. The molecular formula is C22H17N3O2. The van der Waals surface area contributed by atoms with Crippen molar-refractivity contribution in [2.75, 3.05) is 0 Å². The van der Waals surface area contributed by atoms with Crippen molar-refractivity contribution in [2.45, 2.75) is 6.92 Å². The molecule has 27 heavy (non-hydrogen) atoms. The predicted octanol–water partition coefficient (Wildman–Crippen LogP) is 3.96. The van der Waals surface area contributed by atoms with Gasteiger partial charge in [0.2, 0.25) is 0 Å². The number of phenolic OH excluding ortho intramolecular Hbond substituents is 1. The van der Waals surface area contributed by atoms with Gasteiger partial charge in [0.1, 0.15) is 5.75 Å². The highest BCUT2D eigenvalue weighted by Gasteiger charge is 2.13. The van der Waals surface area contributed by atoms with E-state index in [1.807, 2.05) is 49.4 Å². The molecule has 1 heterocycles. The number of para-hydroxylation sites is 1.